The Labute approximate surface area is 147 Å². The number of piperazine rings is 1. The molecule has 1 N–H and O–H groups in total. The summed E-state index contributed by atoms with van der Waals surface area (Å²) in [4.78, 5) is 2.40. The topological polar surface area (TPSA) is 33.1 Å². The zero-order valence-corrected chi connectivity index (χ0v) is 14.5. The number of aromatic nitrogens is 2. The van der Waals surface area contributed by atoms with E-state index in [1.165, 1.54) is 17.0 Å². The normalized spacial score (nSPS) is 18.7. The molecule has 0 bridgehead atoms. The van der Waals surface area contributed by atoms with E-state index in [4.69, 9.17) is 5.10 Å². The molecule has 1 aromatic heterocycles. The van der Waals surface area contributed by atoms with Crippen LogP contribution in [0.4, 0.5) is 4.39 Å². The van der Waals surface area contributed by atoms with E-state index in [0.29, 0.717) is 0 Å². The molecule has 0 saturated carbocycles. The van der Waals surface area contributed by atoms with E-state index in [9.17, 15) is 4.39 Å². The van der Waals surface area contributed by atoms with Gasteiger partial charge in [0.15, 0.2) is 0 Å². The second-order valence-corrected chi connectivity index (χ2v) is 6.53. The second-order valence-electron chi connectivity index (χ2n) is 6.53. The monoisotopic (exact) mass is 338 g/mol. The molecule has 3 aromatic rings. The van der Waals surface area contributed by atoms with Gasteiger partial charge in [0.2, 0.25) is 0 Å². The first-order valence-corrected chi connectivity index (χ1v) is 8.91. The highest BCUT2D eigenvalue weighted by Gasteiger charge is 2.25. The average molecular weight is 338 g/mol. The molecule has 1 aliphatic heterocycles. The summed E-state index contributed by atoms with van der Waals surface area (Å²) in [6, 6.07) is 15.5. The van der Waals surface area contributed by atoms with Crippen molar-refractivity contribution in [2.75, 3.05) is 19.6 Å². The van der Waals surface area contributed by atoms with Crippen molar-refractivity contribution in [1.29, 1.82) is 0 Å². The van der Waals surface area contributed by atoms with E-state index < -0.39 is 0 Å². The standard InChI is InChI=1S/C20H23FN4/c1-2-25-19-9-4-3-8-17(19)18(23-25)14-24-11-10-22-13-20(24)15-6-5-7-16(21)12-15/h3-9,12,20,22H,2,10-11,13-14H2,1H3. The molecule has 25 heavy (non-hydrogen) atoms. The Morgan fingerprint density at radius 3 is 2.92 bits per heavy atom. The number of nitrogens with zero attached hydrogens (tertiary/aromatic N) is 3. The summed E-state index contributed by atoms with van der Waals surface area (Å²) in [6.07, 6.45) is 0. The maximum absolute atomic E-state index is 13.7. The maximum atomic E-state index is 13.7. The Morgan fingerprint density at radius 2 is 2.08 bits per heavy atom. The fourth-order valence-corrected chi connectivity index (χ4v) is 3.72. The van der Waals surface area contributed by atoms with Gasteiger partial charge in [-0.2, -0.15) is 5.10 Å². The van der Waals surface area contributed by atoms with Crippen LogP contribution in [-0.4, -0.2) is 34.3 Å². The molecule has 1 saturated heterocycles. The third kappa shape index (κ3) is 3.17. The molecule has 1 unspecified atom stereocenters. The van der Waals surface area contributed by atoms with Crippen LogP contribution in [0.3, 0.4) is 0 Å². The van der Waals surface area contributed by atoms with Crippen molar-refractivity contribution in [3.05, 3.63) is 65.6 Å². The summed E-state index contributed by atoms with van der Waals surface area (Å²) in [6.45, 7) is 6.44. The van der Waals surface area contributed by atoms with Gasteiger partial charge in [-0.25, -0.2) is 4.39 Å². The van der Waals surface area contributed by atoms with Gasteiger partial charge in [0.1, 0.15) is 5.82 Å². The minimum absolute atomic E-state index is 0.162. The third-order valence-corrected chi connectivity index (χ3v) is 4.97. The molecule has 0 aliphatic carbocycles. The van der Waals surface area contributed by atoms with Crippen LogP contribution in [0.1, 0.15) is 24.2 Å². The molecule has 0 radical (unpaired) electrons. The molecule has 2 aromatic carbocycles. The van der Waals surface area contributed by atoms with Gasteiger partial charge >= 0.3 is 0 Å². The molecule has 0 spiro atoms. The first-order valence-electron chi connectivity index (χ1n) is 8.91. The van der Waals surface area contributed by atoms with Crippen LogP contribution >= 0.6 is 0 Å². The highest BCUT2D eigenvalue weighted by molar-refractivity contribution is 5.81. The van der Waals surface area contributed by atoms with Gasteiger partial charge < -0.3 is 5.32 Å². The molecule has 0 amide bonds. The quantitative estimate of drug-likeness (QED) is 0.792. The van der Waals surface area contributed by atoms with E-state index in [0.717, 1.165) is 44.0 Å². The molecular formula is C20H23FN4. The number of rotatable bonds is 4. The Bertz CT molecular complexity index is 873. The van der Waals surface area contributed by atoms with E-state index >= 15 is 0 Å². The van der Waals surface area contributed by atoms with Crippen LogP contribution in [0.15, 0.2) is 48.5 Å². The smallest absolute Gasteiger partial charge is 0.123 e. The Kier molecular flexibility index (Phi) is 4.51. The number of aryl methyl sites for hydroxylation is 1. The summed E-state index contributed by atoms with van der Waals surface area (Å²) >= 11 is 0. The van der Waals surface area contributed by atoms with Crippen LogP contribution in [0.2, 0.25) is 0 Å². The van der Waals surface area contributed by atoms with Gasteiger partial charge in [-0.3, -0.25) is 9.58 Å². The van der Waals surface area contributed by atoms with Crippen molar-refractivity contribution in [3.8, 4) is 0 Å². The van der Waals surface area contributed by atoms with Crippen molar-refractivity contribution in [1.82, 2.24) is 20.0 Å². The SMILES string of the molecule is CCn1nc(CN2CCNCC2c2cccc(F)c2)c2ccccc21. The van der Waals surface area contributed by atoms with Gasteiger partial charge in [0.05, 0.1) is 11.2 Å². The van der Waals surface area contributed by atoms with Gasteiger partial charge in [-0.1, -0.05) is 30.3 Å². The van der Waals surface area contributed by atoms with Crippen LogP contribution in [0, 0.1) is 5.82 Å². The molecule has 4 rings (SSSR count). The summed E-state index contributed by atoms with van der Waals surface area (Å²) in [5.74, 6) is -0.177. The minimum Gasteiger partial charge on any atom is -0.314 e. The fraction of sp³-hybridized carbons (Fsp3) is 0.350. The van der Waals surface area contributed by atoms with Gasteiger partial charge in [0.25, 0.3) is 0 Å². The summed E-state index contributed by atoms with van der Waals surface area (Å²) < 4.78 is 15.7. The minimum atomic E-state index is -0.177. The second kappa shape index (κ2) is 6.94. The van der Waals surface area contributed by atoms with Gasteiger partial charge in [-0.15, -0.1) is 0 Å². The predicted octanol–water partition coefficient (Wildman–Crippen LogP) is 3.34. The maximum Gasteiger partial charge on any atom is 0.123 e. The van der Waals surface area contributed by atoms with Crippen LogP contribution < -0.4 is 5.32 Å². The highest BCUT2D eigenvalue weighted by atomic mass is 19.1. The fourth-order valence-electron chi connectivity index (χ4n) is 3.72. The molecule has 1 atom stereocenters. The van der Waals surface area contributed by atoms with Crippen molar-refractivity contribution in [3.63, 3.8) is 0 Å². The van der Waals surface area contributed by atoms with Crippen molar-refractivity contribution in [2.24, 2.45) is 0 Å². The number of fused-ring (bicyclic) bond motifs is 1. The third-order valence-electron chi connectivity index (χ3n) is 4.97. The van der Waals surface area contributed by atoms with E-state index in [1.807, 2.05) is 6.07 Å². The van der Waals surface area contributed by atoms with Crippen molar-refractivity contribution in [2.45, 2.75) is 26.1 Å². The lowest BCUT2D eigenvalue weighted by molar-refractivity contribution is 0.152. The largest absolute Gasteiger partial charge is 0.314 e. The van der Waals surface area contributed by atoms with E-state index in [1.54, 1.807) is 12.1 Å². The zero-order chi connectivity index (χ0) is 17.2. The summed E-state index contributed by atoms with van der Waals surface area (Å²) in [5.41, 5.74) is 3.30. The van der Waals surface area contributed by atoms with E-state index in [-0.39, 0.29) is 11.9 Å². The Hall–Kier alpha value is -2.24. The first-order chi connectivity index (χ1) is 12.3. The van der Waals surface area contributed by atoms with Crippen LogP contribution in [0.5, 0.6) is 0 Å². The number of halogens is 1. The predicted molar refractivity (Wildman–Crippen MR) is 97.8 cm³/mol. The molecule has 1 fully saturated rings. The molecule has 4 nitrogen and oxygen atoms in total. The Balaban J connectivity index is 1.66. The number of para-hydroxylation sites is 1. The number of benzene rings is 2. The van der Waals surface area contributed by atoms with Crippen molar-refractivity contribution < 1.29 is 4.39 Å². The van der Waals surface area contributed by atoms with Gasteiger partial charge in [0, 0.05) is 44.2 Å². The average Bonchev–Trinajstić information content (AvgIpc) is 3.00. The molecule has 5 heteroatoms. The van der Waals surface area contributed by atoms with E-state index in [2.05, 4.69) is 46.1 Å². The highest BCUT2D eigenvalue weighted by Crippen LogP contribution is 2.27. The summed E-state index contributed by atoms with van der Waals surface area (Å²) in [7, 11) is 0. The van der Waals surface area contributed by atoms with Crippen molar-refractivity contribution >= 4 is 10.9 Å². The molecule has 2 heterocycles. The first kappa shape index (κ1) is 16.2. The molecule has 1 aliphatic rings. The molecule has 130 valence electrons. The number of hydrogen-bond donors (Lipinski definition) is 1. The lowest BCUT2D eigenvalue weighted by Gasteiger charge is -2.36. The number of hydrogen-bond acceptors (Lipinski definition) is 3. The molecular weight excluding hydrogens is 315 g/mol. The lowest BCUT2D eigenvalue weighted by Crippen LogP contribution is -2.45. The van der Waals surface area contributed by atoms with Gasteiger partial charge in [-0.05, 0) is 30.7 Å². The zero-order valence-electron chi connectivity index (χ0n) is 14.5. The number of nitrogens with one attached hydrogen (secondary N) is 1. The Morgan fingerprint density at radius 1 is 1.20 bits per heavy atom. The summed E-state index contributed by atoms with van der Waals surface area (Å²) in [5, 5.41) is 9.47. The lowest BCUT2D eigenvalue weighted by atomic mass is 10.0. The van der Waals surface area contributed by atoms with Crippen LogP contribution in [-0.2, 0) is 13.1 Å². The van der Waals surface area contributed by atoms with Crippen LogP contribution in [0.25, 0.3) is 10.9 Å².